The van der Waals surface area contributed by atoms with Gasteiger partial charge in [0.2, 0.25) is 5.95 Å². The standard InChI is InChI=1S/C17H21N5O/c1-14-5-2-3-6-15(14)20-16(23)13-21-9-11-22(12-10-21)17-18-7-4-8-19-17/h2-8H,9-13H2,1H3,(H,20,23)/p+1. The van der Waals surface area contributed by atoms with E-state index in [0.717, 1.165) is 43.4 Å². The normalized spacial score (nSPS) is 15.4. The Morgan fingerprint density at radius 3 is 2.57 bits per heavy atom. The van der Waals surface area contributed by atoms with Gasteiger partial charge in [-0.25, -0.2) is 9.97 Å². The predicted octanol–water partition coefficient (Wildman–Crippen LogP) is 0.129. The first-order valence-electron chi connectivity index (χ1n) is 7.93. The van der Waals surface area contributed by atoms with Crippen molar-refractivity contribution in [3.63, 3.8) is 0 Å². The fraction of sp³-hybridized carbons (Fsp3) is 0.353. The third-order valence-corrected chi connectivity index (χ3v) is 4.14. The Bertz CT molecular complexity index is 653. The molecule has 3 rings (SSSR count). The second-order valence-electron chi connectivity index (χ2n) is 5.83. The lowest BCUT2D eigenvalue weighted by molar-refractivity contribution is -0.892. The summed E-state index contributed by atoms with van der Waals surface area (Å²) >= 11 is 0. The number of carbonyl (C=O) groups excluding carboxylic acids is 1. The number of aryl methyl sites for hydroxylation is 1. The van der Waals surface area contributed by atoms with Crippen molar-refractivity contribution in [3.05, 3.63) is 48.3 Å². The van der Waals surface area contributed by atoms with Gasteiger partial charge in [0.1, 0.15) is 0 Å². The molecule has 0 aliphatic carbocycles. The minimum absolute atomic E-state index is 0.0683. The van der Waals surface area contributed by atoms with Gasteiger partial charge in [-0.15, -0.1) is 0 Å². The van der Waals surface area contributed by atoms with E-state index in [-0.39, 0.29) is 5.91 Å². The van der Waals surface area contributed by atoms with E-state index in [0.29, 0.717) is 6.54 Å². The lowest BCUT2D eigenvalue weighted by Gasteiger charge is -2.31. The quantitative estimate of drug-likeness (QED) is 0.842. The molecule has 1 aliphatic rings. The number of anilines is 2. The topological polar surface area (TPSA) is 62.6 Å². The van der Waals surface area contributed by atoms with E-state index in [1.807, 2.05) is 37.3 Å². The monoisotopic (exact) mass is 312 g/mol. The number of para-hydroxylation sites is 1. The number of aromatic nitrogens is 2. The molecule has 2 N–H and O–H groups in total. The molecule has 0 spiro atoms. The van der Waals surface area contributed by atoms with Crippen LogP contribution in [-0.4, -0.2) is 48.6 Å². The van der Waals surface area contributed by atoms with Crippen LogP contribution in [-0.2, 0) is 4.79 Å². The van der Waals surface area contributed by atoms with Crippen molar-refractivity contribution >= 4 is 17.5 Å². The van der Waals surface area contributed by atoms with Gasteiger partial charge in [0.25, 0.3) is 5.91 Å². The van der Waals surface area contributed by atoms with Gasteiger partial charge in [-0.3, -0.25) is 4.79 Å². The van der Waals surface area contributed by atoms with E-state index in [4.69, 9.17) is 0 Å². The highest BCUT2D eigenvalue weighted by molar-refractivity contribution is 5.92. The predicted molar refractivity (Wildman–Crippen MR) is 89.6 cm³/mol. The van der Waals surface area contributed by atoms with Crippen molar-refractivity contribution in [3.8, 4) is 0 Å². The number of benzene rings is 1. The molecule has 6 heteroatoms. The Labute approximate surface area is 136 Å². The van der Waals surface area contributed by atoms with Gasteiger partial charge in [-0.1, -0.05) is 18.2 Å². The van der Waals surface area contributed by atoms with Gasteiger partial charge in [0, 0.05) is 18.1 Å². The maximum Gasteiger partial charge on any atom is 0.279 e. The maximum atomic E-state index is 12.2. The summed E-state index contributed by atoms with van der Waals surface area (Å²) in [4.78, 5) is 24.2. The lowest BCUT2D eigenvalue weighted by atomic mass is 10.2. The molecule has 1 aliphatic heterocycles. The van der Waals surface area contributed by atoms with Crippen LogP contribution < -0.4 is 15.1 Å². The number of rotatable bonds is 4. The van der Waals surface area contributed by atoms with Gasteiger partial charge < -0.3 is 15.1 Å². The number of nitrogens with zero attached hydrogens (tertiary/aromatic N) is 3. The van der Waals surface area contributed by atoms with Crippen LogP contribution in [0.3, 0.4) is 0 Å². The summed E-state index contributed by atoms with van der Waals surface area (Å²) in [5.41, 5.74) is 1.98. The van der Waals surface area contributed by atoms with Gasteiger partial charge in [0.05, 0.1) is 26.2 Å². The second-order valence-corrected chi connectivity index (χ2v) is 5.83. The van der Waals surface area contributed by atoms with Crippen LogP contribution in [0.2, 0.25) is 0 Å². The molecular formula is C17H22N5O+. The zero-order chi connectivity index (χ0) is 16.1. The first-order valence-corrected chi connectivity index (χ1v) is 7.93. The number of carbonyl (C=O) groups is 1. The number of nitrogens with one attached hydrogen (secondary N) is 2. The molecule has 2 heterocycles. The van der Waals surface area contributed by atoms with E-state index < -0.39 is 0 Å². The number of amides is 1. The average Bonchev–Trinajstić information content (AvgIpc) is 2.58. The molecule has 1 aromatic carbocycles. The van der Waals surface area contributed by atoms with E-state index >= 15 is 0 Å². The highest BCUT2D eigenvalue weighted by atomic mass is 16.2. The first kappa shape index (κ1) is 15.4. The molecule has 6 nitrogen and oxygen atoms in total. The van der Waals surface area contributed by atoms with Gasteiger partial charge in [0.15, 0.2) is 6.54 Å². The van der Waals surface area contributed by atoms with Crippen molar-refractivity contribution < 1.29 is 9.69 Å². The molecule has 1 saturated heterocycles. The third-order valence-electron chi connectivity index (χ3n) is 4.14. The molecule has 0 unspecified atom stereocenters. The van der Waals surface area contributed by atoms with Crippen LogP contribution in [0.5, 0.6) is 0 Å². The van der Waals surface area contributed by atoms with Gasteiger partial charge in [-0.2, -0.15) is 0 Å². The molecule has 0 saturated carbocycles. The van der Waals surface area contributed by atoms with Crippen molar-refractivity contribution in [2.75, 3.05) is 42.9 Å². The molecular weight excluding hydrogens is 290 g/mol. The highest BCUT2D eigenvalue weighted by Crippen LogP contribution is 2.12. The van der Waals surface area contributed by atoms with Crippen molar-refractivity contribution in [2.24, 2.45) is 0 Å². The molecule has 1 amide bonds. The molecule has 0 radical (unpaired) electrons. The maximum absolute atomic E-state index is 12.2. The Balaban J connectivity index is 1.49. The summed E-state index contributed by atoms with van der Waals surface area (Å²) in [6.07, 6.45) is 3.52. The average molecular weight is 312 g/mol. The Kier molecular flexibility index (Phi) is 4.83. The zero-order valence-electron chi connectivity index (χ0n) is 13.3. The van der Waals surface area contributed by atoms with E-state index in [1.54, 1.807) is 12.4 Å². The van der Waals surface area contributed by atoms with Crippen LogP contribution >= 0.6 is 0 Å². The summed E-state index contributed by atoms with van der Waals surface area (Å²) < 4.78 is 0. The van der Waals surface area contributed by atoms with Crippen molar-refractivity contribution in [1.29, 1.82) is 0 Å². The number of hydrogen-bond donors (Lipinski definition) is 2. The number of quaternary nitrogens is 1. The Morgan fingerprint density at radius 2 is 1.87 bits per heavy atom. The molecule has 0 atom stereocenters. The molecule has 23 heavy (non-hydrogen) atoms. The minimum atomic E-state index is 0.0683. The molecule has 1 aromatic heterocycles. The van der Waals surface area contributed by atoms with E-state index in [1.165, 1.54) is 4.90 Å². The summed E-state index contributed by atoms with van der Waals surface area (Å²) in [6, 6.07) is 9.67. The molecule has 120 valence electrons. The fourth-order valence-corrected chi connectivity index (χ4v) is 2.79. The van der Waals surface area contributed by atoms with E-state index in [9.17, 15) is 4.79 Å². The number of hydrogen-bond acceptors (Lipinski definition) is 4. The zero-order valence-corrected chi connectivity index (χ0v) is 13.3. The smallest absolute Gasteiger partial charge is 0.279 e. The lowest BCUT2D eigenvalue weighted by Crippen LogP contribution is -3.15. The van der Waals surface area contributed by atoms with Crippen molar-refractivity contribution in [2.45, 2.75) is 6.92 Å². The van der Waals surface area contributed by atoms with Crippen LogP contribution in [0, 0.1) is 6.92 Å². The Morgan fingerprint density at radius 1 is 1.17 bits per heavy atom. The van der Waals surface area contributed by atoms with E-state index in [2.05, 4.69) is 20.2 Å². The van der Waals surface area contributed by atoms with Gasteiger partial charge >= 0.3 is 0 Å². The van der Waals surface area contributed by atoms with Crippen molar-refractivity contribution in [1.82, 2.24) is 9.97 Å². The largest absolute Gasteiger partial charge is 0.330 e. The SMILES string of the molecule is Cc1ccccc1NC(=O)C[NH+]1CCN(c2ncccn2)CC1. The van der Waals surface area contributed by atoms with Crippen LogP contribution in [0.25, 0.3) is 0 Å². The van der Waals surface area contributed by atoms with Crippen LogP contribution in [0.1, 0.15) is 5.56 Å². The molecule has 0 bridgehead atoms. The summed E-state index contributed by atoms with van der Waals surface area (Å²) in [5.74, 6) is 0.842. The molecule has 2 aromatic rings. The highest BCUT2D eigenvalue weighted by Gasteiger charge is 2.23. The number of piperazine rings is 1. The minimum Gasteiger partial charge on any atom is -0.330 e. The van der Waals surface area contributed by atoms with Crippen LogP contribution in [0.15, 0.2) is 42.7 Å². The summed E-state index contributed by atoms with van der Waals surface area (Å²) in [5, 5.41) is 3.00. The Hall–Kier alpha value is -2.47. The first-order chi connectivity index (χ1) is 11.2. The van der Waals surface area contributed by atoms with Crippen LogP contribution in [0.4, 0.5) is 11.6 Å². The fourth-order valence-electron chi connectivity index (χ4n) is 2.79. The van der Waals surface area contributed by atoms with Gasteiger partial charge in [-0.05, 0) is 24.6 Å². The molecule has 1 fully saturated rings. The second kappa shape index (κ2) is 7.19. The summed E-state index contributed by atoms with van der Waals surface area (Å²) in [6.45, 7) is 6.08. The summed E-state index contributed by atoms with van der Waals surface area (Å²) in [7, 11) is 0. The third kappa shape index (κ3) is 4.04.